The van der Waals surface area contributed by atoms with Crippen LogP contribution in [0.5, 0.6) is 5.75 Å². The van der Waals surface area contributed by atoms with Crippen molar-refractivity contribution in [3.63, 3.8) is 0 Å². The van der Waals surface area contributed by atoms with Crippen LogP contribution in [-0.4, -0.2) is 28.5 Å². The van der Waals surface area contributed by atoms with Gasteiger partial charge in [-0.25, -0.2) is 14.4 Å². The van der Waals surface area contributed by atoms with Crippen LogP contribution in [0.25, 0.3) is 0 Å². The molecule has 0 saturated heterocycles. The Morgan fingerprint density at radius 3 is 2.66 bits per heavy atom. The third-order valence-corrected chi connectivity index (χ3v) is 4.06. The second-order valence-electron chi connectivity index (χ2n) is 6.67. The molecule has 3 rings (SSSR count). The van der Waals surface area contributed by atoms with Crippen molar-refractivity contribution >= 4 is 17.4 Å². The smallest absolute Gasteiger partial charge is 0.274 e. The lowest BCUT2D eigenvalue weighted by molar-refractivity contribution is 0.102. The number of halogens is 1. The molecule has 2 N–H and O–H groups in total. The van der Waals surface area contributed by atoms with E-state index in [1.807, 2.05) is 26.0 Å². The Hall–Kier alpha value is -3.48. The third kappa shape index (κ3) is 5.75. The van der Waals surface area contributed by atoms with Crippen LogP contribution in [0, 0.1) is 5.82 Å². The van der Waals surface area contributed by atoms with Gasteiger partial charge in [-0.15, -0.1) is 0 Å². The van der Waals surface area contributed by atoms with Crippen LogP contribution in [0.1, 0.15) is 29.9 Å². The van der Waals surface area contributed by atoms with Crippen molar-refractivity contribution in [1.82, 2.24) is 9.97 Å². The van der Waals surface area contributed by atoms with Crippen molar-refractivity contribution in [2.45, 2.75) is 26.4 Å². The van der Waals surface area contributed by atoms with Gasteiger partial charge in [0.15, 0.2) is 0 Å². The summed E-state index contributed by atoms with van der Waals surface area (Å²) in [6.07, 6.45) is 1.80. The molecule has 0 spiro atoms. The van der Waals surface area contributed by atoms with Gasteiger partial charge in [-0.1, -0.05) is 30.3 Å². The van der Waals surface area contributed by atoms with Crippen LogP contribution in [0.2, 0.25) is 0 Å². The molecule has 2 aromatic carbocycles. The van der Waals surface area contributed by atoms with E-state index < -0.39 is 0 Å². The standard InChI is InChI=1S/C22H23FN4O2/c1-15(2)29-20-10-6-5-9-18(20)27-22(28)19-13-21(26-14-25-19)24-12-11-16-7-3-4-8-17(16)23/h3-10,13-15H,11-12H2,1-2H3,(H,27,28)(H,24,25,26). The second kappa shape index (κ2) is 9.64. The molecule has 6 nitrogen and oxygen atoms in total. The van der Waals surface area contributed by atoms with Crippen molar-refractivity contribution in [3.8, 4) is 5.75 Å². The topological polar surface area (TPSA) is 76.1 Å². The van der Waals surface area contributed by atoms with Gasteiger partial charge in [-0.3, -0.25) is 4.79 Å². The first kappa shape index (κ1) is 20.3. The summed E-state index contributed by atoms with van der Waals surface area (Å²) < 4.78 is 19.4. The molecular formula is C22H23FN4O2. The Balaban J connectivity index is 1.63. The Labute approximate surface area is 169 Å². The highest BCUT2D eigenvalue weighted by Crippen LogP contribution is 2.25. The van der Waals surface area contributed by atoms with Crippen LogP contribution in [0.4, 0.5) is 15.9 Å². The second-order valence-corrected chi connectivity index (χ2v) is 6.67. The van der Waals surface area contributed by atoms with E-state index in [9.17, 15) is 9.18 Å². The quantitative estimate of drug-likeness (QED) is 0.595. The van der Waals surface area contributed by atoms with Gasteiger partial charge in [0, 0.05) is 12.6 Å². The minimum atomic E-state index is -0.371. The molecule has 0 radical (unpaired) electrons. The summed E-state index contributed by atoms with van der Waals surface area (Å²) in [5.74, 6) is 0.477. The van der Waals surface area contributed by atoms with Gasteiger partial charge in [0.25, 0.3) is 5.91 Å². The maximum absolute atomic E-state index is 13.7. The Morgan fingerprint density at radius 2 is 1.86 bits per heavy atom. The number of hydrogen-bond donors (Lipinski definition) is 2. The first-order valence-corrected chi connectivity index (χ1v) is 9.39. The molecule has 29 heavy (non-hydrogen) atoms. The maximum atomic E-state index is 13.7. The minimum Gasteiger partial charge on any atom is -0.489 e. The molecular weight excluding hydrogens is 371 g/mol. The maximum Gasteiger partial charge on any atom is 0.274 e. The largest absolute Gasteiger partial charge is 0.489 e. The molecule has 3 aromatic rings. The molecule has 0 atom stereocenters. The van der Waals surface area contributed by atoms with E-state index in [-0.39, 0.29) is 23.5 Å². The van der Waals surface area contributed by atoms with E-state index in [0.717, 1.165) is 0 Å². The zero-order valence-electron chi connectivity index (χ0n) is 16.4. The highest BCUT2D eigenvalue weighted by Gasteiger charge is 2.13. The molecule has 150 valence electrons. The first-order chi connectivity index (χ1) is 14.0. The summed E-state index contributed by atoms with van der Waals surface area (Å²) in [5, 5.41) is 5.91. The molecule has 0 unspecified atom stereocenters. The van der Waals surface area contributed by atoms with Gasteiger partial charge >= 0.3 is 0 Å². The number of carbonyl (C=O) groups excluding carboxylic acids is 1. The van der Waals surface area contributed by atoms with Gasteiger partial charge < -0.3 is 15.4 Å². The monoisotopic (exact) mass is 394 g/mol. The van der Waals surface area contributed by atoms with Crippen LogP contribution >= 0.6 is 0 Å². The lowest BCUT2D eigenvalue weighted by Gasteiger charge is -2.14. The Kier molecular flexibility index (Phi) is 6.73. The predicted octanol–water partition coefficient (Wildman–Crippen LogP) is 4.31. The van der Waals surface area contributed by atoms with Gasteiger partial charge in [0.05, 0.1) is 11.8 Å². The summed E-state index contributed by atoms with van der Waals surface area (Å²) in [6, 6.07) is 15.4. The summed E-state index contributed by atoms with van der Waals surface area (Å²) in [6.45, 7) is 4.31. The van der Waals surface area contributed by atoms with Crippen molar-refractivity contribution < 1.29 is 13.9 Å². The van der Waals surface area contributed by atoms with Gasteiger partial charge in [0.1, 0.15) is 29.4 Å². The SMILES string of the molecule is CC(C)Oc1ccccc1NC(=O)c1cc(NCCc2ccccc2F)ncn1. The van der Waals surface area contributed by atoms with E-state index in [1.54, 1.807) is 36.4 Å². The number of nitrogens with one attached hydrogen (secondary N) is 2. The molecule has 0 aliphatic carbocycles. The zero-order chi connectivity index (χ0) is 20.6. The molecule has 7 heteroatoms. The molecule has 0 fully saturated rings. The van der Waals surface area contributed by atoms with E-state index in [2.05, 4.69) is 20.6 Å². The zero-order valence-corrected chi connectivity index (χ0v) is 16.4. The number of benzene rings is 2. The van der Waals surface area contributed by atoms with Gasteiger partial charge in [0.2, 0.25) is 0 Å². The van der Waals surface area contributed by atoms with Crippen LogP contribution in [0.15, 0.2) is 60.9 Å². The van der Waals surface area contributed by atoms with E-state index >= 15 is 0 Å². The fraction of sp³-hybridized carbons (Fsp3) is 0.227. The number of anilines is 2. The fourth-order valence-electron chi connectivity index (χ4n) is 2.72. The van der Waals surface area contributed by atoms with Crippen LogP contribution < -0.4 is 15.4 Å². The lowest BCUT2D eigenvalue weighted by Crippen LogP contribution is -2.16. The predicted molar refractivity (Wildman–Crippen MR) is 111 cm³/mol. The summed E-state index contributed by atoms with van der Waals surface area (Å²) in [5.41, 5.74) is 1.40. The van der Waals surface area contributed by atoms with Crippen LogP contribution in [-0.2, 0) is 6.42 Å². The number of aromatic nitrogens is 2. The average molecular weight is 394 g/mol. The number of hydrogen-bond acceptors (Lipinski definition) is 5. The Morgan fingerprint density at radius 1 is 1.10 bits per heavy atom. The molecule has 1 amide bonds. The third-order valence-electron chi connectivity index (χ3n) is 4.06. The van der Waals surface area contributed by atoms with E-state index in [0.29, 0.717) is 35.8 Å². The molecule has 0 bridgehead atoms. The molecule has 0 aliphatic heterocycles. The summed E-state index contributed by atoms with van der Waals surface area (Å²) in [7, 11) is 0. The van der Waals surface area contributed by atoms with Crippen molar-refractivity contribution in [3.05, 3.63) is 78.0 Å². The summed E-state index contributed by atoms with van der Waals surface area (Å²) in [4.78, 5) is 20.8. The Bertz CT molecular complexity index is 978. The number of nitrogens with zero attached hydrogens (tertiary/aromatic N) is 2. The van der Waals surface area contributed by atoms with Crippen LogP contribution in [0.3, 0.4) is 0 Å². The molecule has 0 aliphatic rings. The minimum absolute atomic E-state index is 0.0163. The highest BCUT2D eigenvalue weighted by atomic mass is 19.1. The van der Waals surface area contributed by atoms with Gasteiger partial charge in [-0.2, -0.15) is 0 Å². The normalized spacial score (nSPS) is 10.6. The lowest BCUT2D eigenvalue weighted by atomic mass is 10.1. The van der Waals surface area contributed by atoms with Gasteiger partial charge in [-0.05, 0) is 44.0 Å². The van der Waals surface area contributed by atoms with E-state index in [1.165, 1.54) is 12.4 Å². The number of para-hydroxylation sites is 2. The van der Waals surface area contributed by atoms with E-state index in [4.69, 9.17) is 4.74 Å². The number of rotatable bonds is 8. The fourth-order valence-corrected chi connectivity index (χ4v) is 2.72. The number of carbonyl (C=O) groups is 1. The van der Waals surface area contributed by atoms with Crippen molar-refractivity contribution in [1.29, 1.82) is 0 Å². The summed E-state index contributed by atoms with van der Waals surface area (Å²) >= 11 is 0. The van der Waals surface area contributed by atoms with Crippen molar-refractivity contribution in [2.75, 3.05) is 17.2 Å². The number of amides is 1. The average Bonchev–Trinajstić information content (AvgIpc) is 2.71. The highest BCUT2D eigenvalue weighted by molar-refractivity contribution is 6.04. The molecule has 0 saturated carbocycles. The molecule has 1 heterocycles. The molecule has 1 aromatic heterocycles. The first-order valence-electron chi connectivity index (χ1n) is 9.39. The van der Waals surface area contributed by atoms with Crippen molar-refractivity contribution in [2.24, 2.45) is 0 Å². The number of ether oxygens (including phenoxy) is 1.